The zero-order valence-corrected chi connectivity index (χ0v) is 11.5. The van der Waals surface area contributed by atoms with Crippen molar-refractivity contribution < 1.29 is 0 Å². The predicted octanol–water partition coefficient (Wildman–Crippen LogP) is 5.15. The molecule has 0 aromatic carbocycles. The van der Waals surface area contributed by atoms with E-state index in [0.717, 1.165) is 6.54 Å². The van der Waals surface area contributed by atoms with Crippen LogP contribution >= 0.6 is 34.0 Å². The smallest absolute Gasteiger partial charge is 0.0494 e. The third-order valence-corrected chi connectivity index (χ3v) is 4.99. The second-order valence-corrected chi connectivity index (χ2v) is 6.37. The zero-order chi connectivity index (χ0) is 11.5. The SMILES string of the molecule is c1csc(-c2csc(CNc3ccsc3)c2)c1. The van der Waals surface area contributed by atoms with Gasteiger partial charge in [-0.3, -0.25) is 0 Å². The molecule has 0 radical (unpaired) electrons. The first-order chi connectivity index (χ1) is 8.42. The molecule has 0 spiro atoms. The summed E-state index contributed by atoms with van der Waals surface area (Å²) in [6.45, 7) is 0.909. The van der Waals surface area contributed by atoms with Crippen molar-refractivity contribution >= 4 is 39.7 Å². The van der Waals surface area contributed by atoms with Crippen LogP contribution in [0, 0.1) is 0 Å². The standard InChI is InChI=1S/C13H11NS3/c1-2-13(16-4-1)10-6-12(17-8-10)7-14-11-3-5-15-9-11/h1-6,8-9,14H,7H2. The van der Waals surface area contributed by atoms with E-state index in [0.29, 0.717) is 0 Å². The van der Waals surface area contributed by atoms with Gasteiger partial charge < -0.3 is 5.32 Å². The molecule has 17 heavy (non-hydrogen) atoms. The lowest BCUT2D eigenvalue weighted by atomic mass is 10.2. The molecule has 0 aliphatic heterocycles. The molecule has 0 fully saturated rings. The molecule has 3 aromatic heterocycles. The van der Waals surface area contributed by atoms with E-state index in [2.05, 4.69) is 51.1 Å². The van der Waals surface area contributed by atoms with Gasteiger partial charge in [0.25, 0.3) is 0 Å². The van der Waals surface area contributed by atoms with Crippen molar-refractivity contribution in [2.45, 2.75) is 6.54 Å². The van der Waals surface area contributed by atoms with Crippen LogP contribution in [0.25, 0.3) is 10.4 Å². The zero-order valence-electron chi connectivity index (χ0n) is 9.05. The van der Waals surface area contributed by atoms with Crippen LogP contribution in [0.2, 0.25) is 0 Å². The Morgan fingerprint density at radius 2 is 2.06 bits per heavy atom. The molecule has 3 heterocycles. The molecule has 0 atom stereocenters. The van der Waals surface area contributed by atoms with Crippen molar-refractivity contribution in [3.8, 4) is 10.4 Å². The summed E-state index contributed by atoms with van der Waals surface area (Å²) < 4.78 is 0. The summed E-state index contributed by atoms with van der Waals surface area (Å²) in [5.74, 6) is 0. The fraction of sp³-hybridized carbons (Fsp3) is 0.0769. The van der Waals surface area contributed by atoms with E-state index in [1.54, 1.807) is 22.7 Å². The molecule has 0 amide bonds. The van der Waals surface area contributed by atoms with Crippen molar-refractivity contribution in [2.24, 2.45) is 0 Å². The predicted molar refractivity (Wildman–Crippen MR) is 79.3 cm³/mol. The molecule has 0 unspecified atom stereocenters. The van der Waals surface area contributed by atoms with Crippen LogP contribution in [0.1, 0.15) is 4.88 Å². The summed E-state index contributed by atoms with van der Waals surface area (Å²) in [7, 11) is 0. The molecule has 86 valence electrons. The minimum atomic E-state index is 0.909. The highest BCUT2D eigenvalue weighted by atomic mass is 32.1. The van der Waals surface area contributed by atoms with E-state index in [1.165, 1.54) is 21.0 Å². The van der Waals surface area contributed by atoms with Crippen LogP contribution in [0.3, 0.4) is 0 Å². The third kappa shape index (κ3) is 2.60. The maximum absolute atomic E-state index is 3.42. The second-order valence-electron chi connectivity index (χ2n) is 3.64. The molecule has 0 aliphatic carbocycles. The first-order valence-electron chi connectivity index (χ1n) is 5.29. The van der Waals surface area contributed by atoms with Gasteiger partial charge in [-0.05, 0) is 34.3 Å². The van der Waals surface area contributed by atoms with Gasteiger partial charge in [-0.15, -0.1) is 22.7 Å². The van der Waals surface area contributed by atoms with E-state index in [-0.39, 0.29) is 0 Å². The monoisotopic (exact) mass is 277 g/mol. The topological polar surface area (TPSA) is 12.0 Å². The van der Waals surface area contributed by atoms with Crippen molar-refractivity contribution in [3.05, 3.63) is 50.7 Å². The fourth-order valence-corrected chi connectivity index (χ4v) is 3.83. The van der Waals surface area contributed by atoms with Crippen molar-refractivity contribution in [3.63, 3.8) is 0 Å². The molecular weight excluding hydrogens is 266 g/mol. The summed E-state index contributed by atoms with van der Waals surface area (Å²) in [4.78, 5) is 2.72. The second kappa shape index (κ2) is 5.04. The van der Waals surface area contributed by atoms with Gasteiger partial charge in [-0.2, -0.15) is 11.3 Å². The van der Waals surface area contributed by atoms with E-state index in [1.807, 2.05) is 11.3 Å². The first kappa shape index (κ1) is 11.0. The molecule has 1 nitrogen and oxygen atoms in total. The van der Waals surface area contributed by atoms with Gasteiger partial charge in [-0.1, -0.05) is 6.07 Å². The molecule has 0 bridgehead atoms. The highest BCUT2D eigenvalue weighted by molar-refractivity contribution is 7.14. The maximum Gasteiger partial charge on any atom is 0.0494 e. The Hall–Kier alpha value is -1.10. The van der Waals surface area contributed by atoms with E-state index in [9.17, 15) is 0 Å². The fourth-order valence-electron chi connectivity index (χ4n) is 1.60. The minimum Gasteiger partial charge on any atom is -0.379 e. The van der Waals surface area contributed by atoms with Crippen LogP contribution < -0.4 is 5.32 Å². The average molecular weight is 277 g/mol. The Bertz CT molecular complexity index is 564. The molecule has 3 rings (SSSR count). The summed E-state index contributed by atoms with van der Waals surface area (Å²) in [5, 5.41) is 12.0. The number of anilines is 1. The highest BCUT2D eigenvalue weighted by Crippen LogP contribution is 2.29. The summed E-state index contributed by atoms with van der Waals surface area (Å²) in [5.41, 5.74) is 2.55. The Balaban J connectivity index is 1.69. The highest BCUT2D eigenvalue weighted by Gasteiger charge is 2.03. The van der Waals surface area contributed by atoms with Crippen LogP contribution in [0.15, 0.2) is 45.8 Å². The lowest BCUT2D eigenvalue weighted by Gasteiger charge is -2.00. The van der Waals surface area contributed by atoms with Gasteiger partial charge >= 0.3 is 0 Å². The molecule has 4 heteroatoms. The molecule has 3 aromatic rings. The van der Waals surface area contributed by atoms with Gasteiger partial charge in [0.1, 0.15) is 0 Å². The van der Waals surface area contributed by atoms with E-state index in [4.69, 9.17) is 0 Å². The number of rotatable bonds is 4. The Morgan fingerprint density at radius 3 is 2.82 bits per heavy atom. The molecule has 0 saturated carbocycles. The third-order valence-electron chi connectivity index (χ3n) is 2.45. The van der Waals surface area contributed by atoms with Gasteiger partial charge in [0.15, 0.2) is 0 Å². The van der Waals surface area contributed by atoms with Crippen LogP contribution in [-0.4, -0.2) is 0 Å². The quantitative estimate of drug-likeness (QED) is 0.695. The minimum absolute atomic E-state index is 0.909. The first-order valence-corrected chi connectivity index (χ1v) is 7.99. The van der Waals surface area contributed by atoms with Gasteiger partial charge in [0.2, 0.25) is 0 Å². The van der Waals surface area contributed by atoms with Gasteiger partial charge in [-0.25, -0.2) is 0 Å². The summed E-state index contributed by atoms with van der Waals surface area (Å²) in [6.07, 6.45) is 0. The summed E-state index contributed by atoms with van der Waals surface area (Å²) in [6, 6.07) is 8.65. The lowest BCUT2D eigenvalue weighted by Crippen LogP contribution is -1.94. The van der Waals surface area contributed by atoms with E-state index >= 15 is 0 Å². The molecular formula is C13H11NS3. The van der Waals surface area contributed by atoms with Crippen LogP contribution in [0.4, 0.5) is 5.69 Å². The average Bonchev–Trinajstić information content (AvgIpc) is 3.09. The molecule has 0 aliphatic rings. The normalized spacial score (nSPS) is 10.6. The van der Waals surface area contributed by atoms with Crippen LogP contribution in [-0.2, 0) is 6.54 Å². The maximum atomic E-state index is 3.42. The number of thiophene rings is 3. The Labute approximate surface area is 112 Å². The van der Waals surface area contributed by atoms with Crippen LogP contribution in [0.5, 0.6) is 0 Å². The Kier molecular flexibility index (Phi) is 3.27. The van der Waals surface area contributed by atoms with Gasteiger partial charge in [0.05, 0.1) is 0 Å². The lowest BCUT2D eigenvalue weighted by molar-refractivity contribution is 1.20. The van der Waals surface area contributed by atoms with E-state index < -0.39 is 0 Å². The van der Waals surface area contributed by atoms with Crippen molar-refractivity contribution in [2.75, 3.05) is 5.32 Å². The molecule has 0 saturated heterocycles. The van der Waals surface area contributed by atoms with Crippen molar-refractivity contribution in [1.82, 2.24) is 0 Å². The number of hydrogen-bond acceptors (Lipinski definition) is 4. The summed E-state index contributed by atoms with van der Waals surface area (Å²) >= 11 is 5.33. The number of nitrogens with one attached hydrogen (secondary N) is 1. The van der Waals surface area contributed by atoms with Gasteiger partial charge in [0, 0.05) is 32.9 Å². The number of hydrogen-bond donors (Lipinski definition) is 1. The Morgan fingerprint density at radius 1 is 1.06 bits per heavy atom. The largest absolute Gasteiger partial charge is 0.379 e. The van der Waals surface area contributed by atoms with Crippen molar-refractivity contribution in [1.29, 1.82) is 0 Å². The molecule has 1 N–H and O–H groups in total.